The Hall–Kier alpha value is -0.510. The maximum absolute atomic E-state index is 5.01. The first kappa shape index (κ1) is 10.5. The molecule has 0 aliphatic rings. The molecule has 0 aromatic carbocycles. The van der Waals surface area contributed by atoms with Gasteiger partial charge in [0.05, 0.1) is 6.54 Å². The molecule has 0 aliphatic heterocycles. The van der Waals surface area contributed by atoms with Gasteiger partial charge in [0.2, 0.25) is 0 Å². The zero-order valence-electron chi connectivity index (χ0n) is 4.52. The van der Waals surface area contributed by atoms with Crippen LogP contribution in [0, 0.1) is 0 Å². The fraction of sp³-hybridized carbons (Fsp3) is 0.250. The molecule has 5 N–H and O–H groups in total. The summed E-state index contributed by atoms with van der Waals surface area (Å²) in [4.78, 5) is 2.65. The first-order valence-electron chi connectivity index (χ1n) is 2.00. The molecule has 4 heteroatoms. The number of nitrogens with two attached hydrogens (primary N) is 2. The Kier molecular flexibility index (Phi) is 8.49. The van der Waals surface area contributed by atoms with Crippen molar-refractivity contribution >= 4 is 5.96 Å². The Morgan fingerprint density at radius 1 is 1.62 bits per heavy atom. The van der Waals surface area contributed by atoms with E-state index in [-0.39, 0.29) is 22.9 Å². The van der Waals surface area contributed by atoms with Crippen molar-refractivity contribution in [2.45, 2.75) is 0 Å². The highest BCUT2D eigenvalue weighted by atomic mass is 79.9. The fourth-order valence-electron chi connectivity index (χ4n) is 0.190. The number of halogens is 1. The van der Waals surface area contributed by atoms with Gasteiger partial charge in [0, 0.05) is 0 Å². The minimum absolute atomic E-state index is 0. The third-order valence-corrected chi connectivity index (χ3v) is 0.451. The summed E-state index contributed by atoms with van der Waals surface area (Å²) >= 11 is 0. The van der Waals surface area contributed by atoms with E-state index in [1.807, 2.05) is 0 Å². The molecule has 0 saturated heterocycles. The molecule has 0 radical (unpaired) electrons. The van der Waals surface area contributed by atoms with Crippen LogP contribution in [-0.2, 0) is 0 Å². The average Bonchev–Trinajstić information content (AvgIpc) is 1.61. The number of nitrogens with one attached hydrogen (secondary N) is 1. The Balaban J connectivity index is 0. The molecule has 3 nitrogen and oxygen atoms in total. The van der Waals surface area contributed by atoms with Gasteiger partial charge in [-0.25, -0.2) is 0 Å². The van der Waals surface area contributed by atoms with Crippen molar-refractivity contribution in [1.82, 2.24) is 0 Å². The summed E-state index contributed by atoms with van der Waals surface area (Å²) in [5, 5.41) is 0. The SMILES string of the molecule is C=CC[NH+]=C(N)N.[Br-]. The number of rotatable bonds is 2. The molecule has 0 aromatic heterocycles. The van der Waals surface area contributed by atoms with Gasteiger partial charge in [-0.05, 0) is 0 Å². The number of hydrogen-bond donors (Lipinski definition) is 3. The Morgan fingerprint density at radius 3 is 2.25 bits per heavy atom. The van der Waals surface area contributed by atoms with Crippen LogP contribution >= 0.6 is 0 Å². The molecule has 0 atom stereocenters. The lowest BCUT2D eigenvalue weighted by molar-refractivity contribution is -0.446. The lowest BCUT2D eigenvalue weighted by Crippen LogP contribution is -3.00. The summed E-state index contributed by atoms with van der Waals surface area (Å²) in [6.45, 7) is 4.07. The molecular formula is C4H10BrN3. The molecule has 0 bridgehead atoms. The second kappa shape index (κ2) is 6.49. The van der Waals surface area contributed by atoms with Gasteiger partial charge in [0.25, 0.3) is 0 Å². The van der Waals surface area contributed by atoms with Gasteiger partial charge in [-0.1, -0.05) is 12.7 Å². The maximum atomic E-state index is 5.01. The van der Waals surface area contributed by atoms with Crippen molar-refractivity contribution in [3.8, 4) is 0 Å². The second-order valence-corrected chi connectivity index (χ2v) is 1.12. The smallest absolute Gasteiger partial charge is 0.339 e. The average molecular weight is 180 g/mol. The highest BCUT2D eigenvalue weighted by Crippen LogP contribution is 1.38. The predicted octanol–water partition coefficient (Wildman–Crippen LogP) is -5.47. The molecule has 0 rings (SSSR count). The standard InChI is InChI=1S/C4H9N3.BrH/c1-2-3-7-4(5)6;/h2H,1,3H2,(H4,5,6,7);1H. The van der Waals surface area contributed by atoms with Crippen LogP contribution < -0.4 is 33.4 Å². The van der Waals surface area contributed by atoms with E-state index >= 15 is 0 Å². The highest BCUT2D eigenvalue weighted by Gasteiger charge is 1.77. The van der Waals surface area contributed by atoms with E-state index in [0.29, 0.717) is 6.54 Å². The van der Waals surface area contributed by atoms with Crippen molar-refractivity contribution in [2.24, 2.45) is 11.5 Å². The van der Waals surface area contributed by atoms with Gasteiger partial charge >= 0.3 is 5.96 Å². The zero-order chi connectivity index (χ0) is 5.70. The van der Waals surface area contributed by atoms with E-state index in [2.05, 4.69) is 11.6 Å². The van der Waals surface area contributed by atoms with E-state index in [0.717, 1.165) is 0 Å². The quantitative estimate of drug-likeness (QED) is 0.225. The van der Waals surface area contributed by atoms with Gasteiger partial charge in [-0.15, -0.1) is 0 Å². The summed E-state index contributed by atoms with van der Waals surface area (Å²) < 4.78 is 0. The van der Waals surface area contributed by atoms with Crippen molar-refractivity contribution in [3.05, 3.63) is 12.7 Å². The van der Waals surface area contributed by atoms with E-state index < -0.39 is 0 Å². The van der Waals surface area contributed by atoms with Crippen molar-refractivity contribution < 1.29 is 22.0 Å². The summed E-state index contributed by atoms with van der Waals surface area (Å²) in [7, 11) is 0. The number of hydrogen-bond acceptors (Lipinski definition) is 0. The van der Waals surface area contributed by atoms with Crippen LogP contribution in [0.2, 0.25) is 0 Å². The van der Waals surface area contributed by atoms with Crippen LogP contribution in [0.25, 0.3) is 0 Å². The third kappa shape index (κ3) is 9.09. The van der Waals surface area contributed by atoms with E-state index in [1.165, 1.54) is 0 Å². The minimum Gasteiger partial charge on any atom is -1.00 e. The Morgan fingerprint density at radius 2 is 2.12 bits per heavy atom. The van der Waals surface area contributed by atoms with Crippen LogP contribution in [-0.4, -0.2) is 12.5 Å². The first-order valence-corrected chi connectivity index (χ1v) is 2.00. The van der Waals surface area contributed by atoms with E-state index in [1.54, 1.807) is 6.08 Å². The minimum atomic E-state index is 0. The summed E-state index contributed by atoms with van der Waals surface area (Å²) in [6, 6.07) is 0. The lowest BCUT2D eigenvalue weighted by Gasteiger charge is -1.78. The highest BCUT2D eigenvalue weighted by molar-refractivity contribution is 5.69. The van der Waals surface area contributed by atoms with Gasteiger partial charge in [-0.2, -0.15) is 0 Å². The lowest BCUT2D eigenvalue weighted by atomic mass is 10.6. The molecule has 0 saturated carbocycles. The summed E-state index contributed by atoms with van der Waals surface area (Å²) in [5.41, 5.74) is 10.0. The molecule has 0 amide bonds. The van der Waals surface area contributed by atoms with Crippen molar-refractivity contribution in [1.29, 1.82) is 0 Å². The molecular weight excluding hydrogens is 170 g/mol. The Labute approximate surface area is 59.2 Å². The topological polar surface area (TPSA) is 66.0 Å². The monoisotopic (exact) mass is 179 g/mol. The molecule has 48 valence electrons. The van der Waals surface area contributed by atoms with E-state index in [4.69, 9.17) is 11.5 Å². The third-order valence-electron chi connectivity index (χ3n) is 0.451. The normalized spacial score (nSPS) is 6.50. The van der Waals surface area contributed by atoms with Crippen molar-refractivity contribution in [3.63, 3.8) is 0 Å². The molecule has 0 spiro atoms. The second-order valence-electron chi connectivity index (χ2n) is 1.12. The predicted molar refractivity (Wildman–Crippen MR) is 29.4 cm³/mol. The number of guanidine groups is 1. The molecule has 0 fully saturated rings. The first-order chi connectivity index (χ1) is 3.27. The van der Waals surface area contributed by atoms with Gasteiger partial charge < -0.3 is 17.0 Å². The molecule has 8 heavy (non-hydrogen) atoms. The van der Waals surface area contributed by atoms with E-state index in [9.17, 15) is 0 Å². The molecule has 0 unspecified atom stereocenters. The van der Waals surface area contributed by atoms with Gasteiger partial charge in [0.1, 0.15) is 0 Å². The van der Waals surface area contributed by atoms with Crippen LogP contribution in [0.1, 0.15) is 0 Å². The largest absolute Gasteiger partial charge is 1.00 e. The van der Waals surface area contributed by atoms with Crippen LogP contribution in [0.15, 0.2) is 12.7 Å². The fourth-order valence-corrected chi connectivity index (χ4v) is 0.190. The summed E-state index contributed by atoms with van der Waals surface area (Å²) in [6.07, 6.45) is 1.68. The zero-order valence-corrected chi connectivity index (χ0v) is 6.11. The van der Waals surface area contributed by atoms with Crippen LogP contribution in [0.5, 0.6) is 0 Å². The van der Waals surface area contributed by atoms with Crippen molar-refractivity contribution in [2.75, 3.05) is 6.54 Å². The summed E-state index contributed by atoms with van der Waals surface area (Å²) in [5.74, 6) is 0.236. The van der Waals surface area contributed by atoms with Crippen LogP contribution in [0.4, 0.5) is 0 Å². The molecule has 0 aromatic rings. The molecule has 0 aliphatic carbocycles. The van der Waals surface area contributed by atoms with Gasteiger partial charge in [0.15, 0.2) is 0 Å². The van der Waals surface area contributed by atoms with Crippen LogP contribution in [0.3, 0.4) is 0 Å². The Bertz CT molecular complexity index is 85.3. The maximum Gasteiger partial charge on any atom is 0.339 e. The van der Waals surface area contributed by atoms with Gasteiger partial charge in [-0.3, -0.25) is 16.5 Å². The molecule has 0 heterocycles.